The average Bonchev–Trinajstić information content (AvgIpc) is 3.65. The molecule has 0 fully saturated rings. The van der Waals surface area contributed by atoms with Crippen LogP contribution in [0.25, 0.3) is 99.9 Å². The zero-order valence-electron chi connectivity index (χ0n) is 34.0. The van der Waals surface area contributed by atoms with E-state index in [0.717, 1.165) is 55.0 Å². The molecule has 0 aliphatic rings. The Morgan fingerprint density at radius 3 is 1.80 bits per heavy atom. The third kappa shape index (κ3) is 5.22. The Kier molecular flexibility index (Phi) is 5.29. The summed E-state index contributed by atoms with van der Waals surface area (Å²) < 4.78 is 65.7. The number of furan rings is 1. The Bertz CT molecular complexity index is 3310. The lowest BCUT2D eigenvalue weighted by Crippen LogP contribution is -2.00. The fraction of sp³-hybridized carbons (Fsp3) is 0. The van der Waals surface area contributed by atoms with E-state index in [1.165, 1.54) is 0 Å². The van der Waals surface area contributed by atoms with Gasteiger partial charge in [-0.1, -0.05) is 152 Å². The highest BCUT2D eigenvalue weighted by atomic mass is 16.3. The molecule has 0 saturated heterocycles. The molecule has 0 aliphatic carbocycles. The zero-order chi connectivity index (χ0) is 39.8. The lowest BCUT2D eigenvalue weighted by Gasteiger charge is -2.11. The van der Waals surface area contributed by atoms with Crippen LogP contribution in [-0.2, 0) is 0 Å². The van der Waals surface area contributed by atoms with E-state index in [1.807, 2.05) is 72.8 Å². The van der Waals surface area contributed by atoms with Crippen molar-refractivity contribution >= 4 is 43.5 Å². The topological polar surface area (TPSA) is 51.8 Å². The first kappa shape index (κ1) is 22.7. The number of hydrogen-bond donors (Lipinski definition) is 0. The van der Waals surface area contributed by atoms with E-state index in [1.54, 1.807) is 24.3 Å². The van der Waals surface area contributed by atoms with Crippen LogP contribution in [0.4, 0.5) is 0 Å². The van der Waals surface area contributed by atoms with Gasteiger partial charge in [0.25, 0.3) is 0 Å². The van der Waals surface area contributed by atoms with Crippen molar-refractivity contribution in [3.63, 3.8) is 0 Å². The lowest BCUT2D eigenvalue weighted by atomic mass is 9.98. The van der Waals surface area contributed by atoms with Crippen molar-refractivity contribution in [3.05, 3.63) is 176 Å². The van der Waals surface area contributed by atoms with Crippen LogP contribution < -0.4 is 0 Å². The van der Waals surface area contributed by atoms with E-state index in [2.05, 4.69) is 36.4 Å². The number of benzene rings is 8. The lowest BCUT2D eigenvalue weighted by molar-refractivity contribution is 0.669. The normalized spacial score (nSPS) is 13.5. The minimum atomic E-state index is -0.502. The van der Waals surface area contributed by atoms with Crippen LogP contribution in [0.2, 0.25) is 0 Å². The number of hydrogen-bond acceptors (Lipinski definition) is 4. The highest BCUT2D eigenvalue weighted by molar-refractivity contribution is 6.12. The number of nitrogens with zero attached hydrogens (tertiary/aromatic N) is 3. The molecule has 0 atom stereocenters. The Labute approximate surface area is 304 Å². The van der Waals surface area contributed by atoms with Gasteiger partial charge in [0.2, 0.25) is 0 Å². The van der Waals surface area contributed by atoms with Gasteiger partial charge in [-0.05, 0) is 68.0 Å². The van der Waals surface area contributed by atoms with Gasteiger partial charge in [-0.15, -0.1) is 0 Å². The number of aromatic nitrogens is 3. The fourth-order valence-corrected chi connectivity index (χ4v) is 6.62. The standard InChI is InChI=1S/C47H29N3O/c1-3-10-36-28-38(26-18-30(36)8-1)32-16-22-34(23-17-32)45-48-46(50-47(49-45)39-27-19-31-9-2-4-11-37(31)29-39)35-24-20-33(21-25-35)40-13-7-15-43-44(40)41-12-5-6-14-42(41)51-43/h1-29H/i1D,3D,8D,10D,18D,26D,28D. The Hall–Kier alpha value is -6.91. The van der Waals surface area contributed by atoms with Gasteiger partial charge in [-0.25, -0.2) is 15.0 Å². The second-order valence-corrected chi connectivity index (χ2v) is 12.3. The average molecular weight is 659 g/mol. The SMILES string of the molecule is [2H]c1c([2H])c([2H])c2c([2H])c(-c3ccc(-c4nc(-c5ccc(-c6cccc7oc8ccccc8c67)cc5)nc(-c5ccc6ccccc6c5)n4)cc3)c([2H])c([2H])c2c1[2H]. The van der Waals surface area contributed by atoms with E-state index in [0.29, 0.717) is 28.6 Å². The molecule has 0 unspecified atom stereocenters. The molecule has 0 radical (unpaired) electrons. The van der Waals surface area contributed by atoms with Crippen LogP contribution in [0.1, 0.15) is 9.60 Å². The summed E-state index contributed by atoms with van der Waals surface area (Å²) in [6, 6.07) is 40.7. The predicted molar refractivity (Wildman–Crippen MR) is 209 cm³/mol. The molecule has 238 valence electrons. The largest absolute Gasteiger partial charge is 0.456 e. The van der Waals surface area contributed by atoms with Crippen LogP contribution in [0.3, 0.4) is 0 Å². The molecule has 10 aromatic rings. The van der Waals surface area contributed by atoms with Crippen molar-refractivity contribution in [3.8, 4) is 56.4 Å². The van der Waals surface area contributed by atoms with Gasteiger partial charge in [0.05, 0.1) is 9.60 Å². The second-order valence-electron chi connectivity index (χ2n) is 12.3. The number of fused-ring (bicyclic) bond motifs is 5. The van der Waals surface area contributed by atoms with E-state index in [4.69, 9.17) is 29.0 Å². The van der Waals surface area contributed by atoms with Crippen LogP contribution in [0.15, 0.2) is 180 Å². The molecule has 2 aromatic heterocycles. The minimum absolute atomic E-state index is 0.0889. The van der Waals surface area contributed by atoms with Gasteiger partial charge in [0, 0.05) is 27.5 Å². The van der Waals surface area contributed by atoms with Crippen molar-refractivity contribution in [1.29, 1.82) is 0 Å². The first-order chi connectivity index (χ1) is 28.2. The summed E-state index contributed by atoms with van der Waals surface area (Å²) in [4.78, 5) is 14.9. The summed E-state index contributed by atoms with van der Waals surface area (Å²) in [5, 5.41) is 4.02. The first-order valence-electron chi connectivity index (χ1n) is 20.0. The van der Waals surface area contributed by atoms with Gasteiger partial charge in [0.1, 0.15) is 11.2 Å². The monoisotopic (exact) mass is 658 g/mol. The van der Waals surface area contributed by atoms with Crippen molar-refractivity contribution in [2.24, 2.45) is 0 Å². The minimum Gasteiger partial charge on any atom is -0.456 e. The Morgan fingerprint density at radius 2 is 1.02 bits per heavy atom. The molecular formula is C47H29N3O. The van der Waals surface area contributed by atoms with Crippen molar-refractivity contribution in [2.45, 2.75) is 0 Å². The van der Waals surface area contributed by atoms with Crippen LogP contribution in [0.5, 0.6) is 0 Å². The van der Waals surface area contributed by atoms with E-state index in [-0.39, 0.29) is 34.5 Å². The molecular weight excluding hydrogens is 623 g/mol. The molecule has 10 rings (SSSR count). The van der Waals surface area contributed by atoms with Crippen molar-refractivity contribution < 1.29 is 14.0 Å². The fourth-order valence-electron chi connectivity index (χ4n) is 6.62. The van der Waals surface area contributed by atoms with Crippen LogP contribution >= 0.6 is 0 Å². The molecule has 0 saturated carbocycles. The summed E-state index contributed by atoms with van der Waals surface area (Å²) in [7, 11) is 0. The molecule has 0 aliphatic heterocycles. The smallest absolute Gasteiger partial charge is 0.164 e. The predicted octanol–water partition coefficient (Wildman–Crippen LogP) is 12.4. The van der Waals surface area contributed by atoms with Crippen molar-refractivity contribution in [2.75, 3.05) is 0 Å². The zero-order valence-corrected chi connectivity index (χ0v) is 27.0. The molecule has 4 heteroatoms. The highest BCUT2D eigenvalue weighted by Gasteiger charge is 2.15. The van der Waals surface area contributed by atoms with E-state index in [9.17, 15) is 0 Å². The third-order valence-electron chi connectivity index (χ3n) is 9.18. The second kappa shape index (κ2) is 11.9. The number of rotatable bonds is 5. The summed E-state index contributed by atoms with van der Waals surface area (Å²) in [6.07, 6.45) is 0. The Balaban J connectivity index is 1.09. The van der Waals surface area contributed by atoms with Crippen LogP contribution in [-0.4, -0.2) is 15.0 Å². The maximum atomic E-state index is 8.99. The summed E-state index contributed by atoms with van der Waals surface area (Å²) in [5.74, 6) is 1.36. The van der Waals surface area contributed by atoms with E-state index < -0.39 is 24.2 Å². The Morgan fingerprint density at radius 1 is 0.412 bits per heavy atom. The molecule has 0 N–H and O–H groups in total. The third-order valence-corrected chi connectivity index (χ3v) is 9.18. The molecule has 8 aromatic carbocycles. The van der Waals surface area contributed by atoms with Crippen molar-refractivity contribution in [1.82, 2.24) is 15.0 Å². The summed E-state index contributed by atoms with van der Waals surface area (Å²) >= 11 is 0. The van der Waals surface area contributed by atoms with Gasteiger partial charge >= 0.3 is 0 Å². The molecule has 0 spiro atoms. The highest BCUT2D eigenvalue weighted by Crippen LogP contribution is 2.37. The molecule has 4 nitrogen and oxygen atoms in total. The summed E-state index contributed by atoms with van der Waals surface area (Å²) in [5.41, 5.74) is 6.53. The quantitative estimate of drug-likeness (QED) is 0.185. The molecule has 0 amide bonds. The van der Waals surface area contributed by atoms with Gasteiger partial charge < -0.3 is 4.42 Å². The maximum Gasteiger partial charge on any atom is 0.164 e. The van der Waals surface area contributed by atoms with E-state index >= 15 is 0 Å². The number of para-hydroxylation sites is 1. The van der Waals surface area contributed by atoms with Crippen LogP contribution in [0, 0.1) is 0 Å². The maximum absolute atomic E-state index is 8.99. The van der Waals surface area contributed by atoms with Gasteiger partial charge in [0.15, 0.2) is 17.5 Å². The molecule has 2 heterocycles. The van der Waals surface area contributed by atoms with Gasteiger partial charge in [-0.3, -0.25) is 0 Å². The van der Waals surface area contributed by atoms with Gasteiger partial charge in [-0.2, -0.15) is 0 Å². The summed E-state index contributed by atoms with van der Waals surface area (Å²) in [6.45, 7) is 0. The molecule has 51 heavy (non-hydrogen) atoms. The molecule has 0 bridgehead atoms. The first-order valence-corrected chi connectivity index (χ1v) is 16.5.